The van der Waals surface area contributed by atoms with E-state index in [2.05, 4.69) is 4.74 Å². The van der Waals surface area contributed by atoms with Gasteiger partial charge < -0.3 is 15.6 Å². The summed E-state index contributed by atoms with van der Waals surface area (Å²) in [6, 6.07) is 1.31. The fraction of sp³-hybridized carbons (Fsp3) is 0.364. The predicted octanol–water partition coefficient (Wildman–Crippen LogP) is 1.97. The van der Waals surface area contributed by atoms with Crippen LogP contribution in [0.5, 0.6) is 5.75 Å². The van der Waals surface area contributed by atoms with Gasteiger partial charge >= 0.3 is 12.1 Å². The summed E-state index contributed by atoms with van der Waals surface area (Å²) in [5.41, 5.74) is 4.48. The zero-order valence-electron chi connectivity index (χ0n) is 9.49. The normalized spacial score (nSPS) is 13.2. The number of phenolic OH excluding ortho intramolecular Hbond substituents is 1. The first-order valence-corrected chi connectivity index (χ1v) is 4.98. The lowest BCUT2D eigenvalue weighted by Gasteiger charge is -2.15. The Morgan fingerprint density at radius 1 is 1.50 bits per heavy atom. The van der Waals surface area contributed by atoms with Crippen molar-refractivity contribution in [1.29, 1.82) is 0 Å². The molecule has 0 aromatic heterocycles. The lowest BCUT2D eigenvalue weighted by atomic mass is 10.0. The fourth-order valence-corrected chi connectivity index (χ4v) is 1.40. The Morgan fingerprint density at radius 2 is 2.11 bits per heavy atom. The average Bonchev–Trinajstić information content (AvgIpc) is 2.27. The van der Waals surface area contributed by atoms with Gasteiger partial charge in [0.1, 0.15) is 5.75 Å². The summed E-state index contributed by atoms with van der Waals surface area (Å²) in [5, 5.41) is 9.46. The van der Waals surface area contributed by atoms with Crippen molar-refractivity contribution in [2.45, 2.75) is 18.6 Å². The molecule has 0 spiro atoms. The molecule has 7 heteroatoms. The van der Waals surface area contributed by atoms with Gasteiger partial charge in [0, 0.05) is 11.6 Å². The van der Waals surface area contributed by atoms with E-state index in [1.54, 1.807) is 0 Å². The maximum atomic E-state index is 12.5. The van der Waals surface area contributed by atoms with Gasteiger partial charge in [-0.25, -0.2) is 0 Å². The van der Waals surface area contributed by atoms with Gasteiger partial charge in [0.25, 0.3) is 0 Å². The number of carbonyl (C=O) groups excluding carboxylic acids is 1. The number of methoxy groups -OCH3 is 1. The van der Waals surface area contributed by atoms with Gasteiger partial charge in [-0.2, -0.15) is 13.2 Å². The molecule has 1 aromatic carbocycles. The fourth-order valence-electron chi connectivity index (χ4n) is 1.40. The Bertz CT molecular complexity index is 446. The first-order valence-electron chi connectivity index (χ1n) is 4.98. The molecule has 1 atom stereocenters. The van der Waals surface area contributed by atoms with Crippen molar-refractivity contribution in [2.75, 3.05) is 7.11 Å². The highest BCUT2D eigenvalue weighted by Gasteiger charge is 2.31. The molecule has 0 aliphatic rings. The number of ether oxygens (including phenoxy) is 1. The molecule has 1 aromatic rings. The number of hydrogen-bond acceptors (Lipinski definition) is 4. The molecule has 100 valence electrons. The highest BCUT2D eigenvalue weighted by molar-refractivity contribution is 5.70. The summed E-state index contributed by atoms with van der Waals surface area (Å²) in [4.78, 5) is 11.0. The second-order valence-electron chi connectivity index (χ2n) is 3.66. The second-order valence-corrected chi connectivity index (χ2v) is 3.66. The largest absolute Gasteiger partial charge is 0.508 e. The summed E-state index contributed by atoms with van der Waals surface area (Å²) in [6.07, 6.45) is -4.85. The smallest absolute Gasteiger partial charge is 0.416 e. The van der Waals surface area contributed by atoms with E-state index in [1.807, 2.05) is 0 Å². The van der Waals surface area contributed by atoms with Crippen molar-refractivity contribution in [2.24, 2.45) is 5.73 Å². The number of esters is 1. The number of rotatable bonds is 3. The molecule has 0 aliphatic heterocycles. The van der Waals surface area contributed by atoms with E-state index in [-0.39, 0.29) is 17.7 Å². The van der Waals surface area contributed by atoms with Crippen LogP contribution >= 0.6 is 0 Å². The van der Waals surface area contributed by atoms with Crippen LogP contribution in [0.4, 0.5) is 13.2 Å². The van der Waals surface area contributed by atoms with Gasteiger partial charge in [0.15, 0.2) is 0 Å². The van der Waals surface area contributed by atoms with Crippen LogP contribution in [0, 0.1) is 0 Å². The number of aromatic hydroxyl groups is 1. The van der Waals surface area contributed by atoms with E-state index < -0.39 is 23.8 Å². The molecule has 0 saturated carbocycles. The molecule has 0 fully saturated rings. The number of halogens is 3. The van der Waals surface area contributed by atoms with E-state index in [0.29, 0.717) is 0 Å². The Labute approximate surface area is 101 Å². The third kappa shape index (κ3) is 3.36. The monoisotopic (exact) mass is 263 g/mol. The summed E-state index contributed by atoms with van der Waals surface area (Å²) in [5.74, 6) is -1.06. The zero-order valence-corrected chi connectivity index (χ0v) is 9.49. The maximum absolute atomic E-state index is 12.5. The van der Waals surface area contributed by atoms with Crippen molar-refractivity contribution in [3.8, 4) is 5.75 Å². The molecular formula is C11H12F3NO3. The molecule has 0 radical (unpaired) electrons. The molecule has 1 rings (SSSR count). The van der Waals surface area contributed by atoms with Crippen molar-refractivity contribution < 1.29 is 27.8 Å². The van der Waals surface area contributed by atoms with Crippen molar-refractivity contribution in [3.63, 3.8) is 0 Å². The zero-order chi connectivity index (χ0) is 13.9. The number of hydrogen-bond donors (Lipinski definition) is 2. The van der Waals surface area contributed by atoms with E-state index in [1.165, 1.54) is 0 Å². The van der Waals surface area contributed by atoms with Gasteiger partial charge in [0.05, 0.1) is 19.1 Å². The van der Waals surface area contributed by atoms with Crippen LogP contribution in [0.15, 0.2) is 18.2 Å². The van der Waals surface area contributed by atoms with Crippen LogP contribution in [0.25, 0.3) is 0 Å². The molecule has 0 saturated heterocycles. The Hall–Kier alpha value is -1.76. The molecule has 3 N–H and O–H groups in total. The van der Waals surface area contributed by atoms with E-state index in [9.17, 15) is 23.1 Å². The van der Waals surface area contributed by atoms with Crippen LogP contribution in [0.1, 0.15) is 23.6 Å². The summed E-state index contributed by atoms with van der Waals surface area (Å²) >= 11 is 0. The van der Waals surface area contributed by atoms with Crippen LogP contribution < -0.4 is 5.73 Å². The molecule has 0 unspecified atom stereocenters. The minimum Gasteiger partial charge on any atom is -0.508 e. The predicted molar refractivity (Wildman–Crippen MR) is 56.7 cm³/mol. The number of alkyl halides is 3. The lowest BCUT2D eigenvalue weighted by molar-refractivity contribution is -0.141. The minimum absolute atomic E-state index is 0.143. The summed E-state index contributed by atoms with van der Waals surface area (Å²) in [6.45, 7) is 0. The molecule has 0 heterocycles. The summed E-state index contributed by atoms with van der Waals surface area (Å²) in [7, 11) is 1.14. The van der Waals surface area contributed by atoms with Crippen molar-refractivity contribution in [1.82, 2.24) is 0 Å². The van der Waals surface area contributed by atoms with Gasteiger partial charge in [-0.3, -0.25) is 4.79 Å². The molecule has 0 aliphatic carbocycles. The van der Waals surface area contributed by atoms with Crippen molar-refractivity contribution >= 4 is 5.97 Å². The lowest BCUT2D eigenvalue weighted by Crippen LogP contribution is -2.17. The van der Waals surface area contributed by atoms with Gasteiger partial charge in [0.2, 0.25) is 0 Å². The first-order chi connectivity index (χ1) is 8.25. The third-order valence-electron chi connectivity index (χ3n) is 2.37. The van der Waals surface area contributed by atoms with Crippen molar-refractivity contribution in [3.05, 3.63) is 29.3 Å². The highest BCUT2D eigenvalue weighted by atomic mass is 19.4. The van der Waals surface area contributed by atoms with Crippen LogP contribution in [-0.2, 0) is 15.7 Å². The van der Waals surface area contributed by atoms with Crippen LogP contribution in [0.3, 0.4) is 0 Å². The van der Waals surface area contributed by atoms with E-state index in [4.69, 9.17) is 5.73 Å². The van der Waals surface area contributed by atoms with E-state index in [0.717, 1.165) is 25.3 Å². The quantitative estimate of drug-likeness (QED) is 0.818. The minimum atomic E-state index is -4.53. The SMILES string of the molecule is COC(=O)C[C@@H](N)c1cc(C(F)(F)F)ccc1O. The summed E-state index contributed by atoms with van der Waals surface area (Å²) < 4.78 is 41.8. The highest BCUT2D eigenvalue weighted by Crippen LogP contribution is 2.34. The second kappa shape index (κ2) is 5.26. The first kappa shape index (κ1) is 14.3. The Kier molecular flexibility index (Phi) is 4.18. The number of nitrogens with two attached hydrogens (primary N) is 1. The Balaban J connectivity index is 3.04. The van der Waals surface area contributed by atoms with Crippen LogP contribution in [-0.4, -0.2) is 18.2 Å². The molecular weight excluding hydrogens is 251 g/mol. The van der Waals surface area contributed by atoms with Gasteiger partial charge in [-0.15, -0.1) is 0 Å². The molecule has 18 heavy (non-hydrogen) atoms. The molecule has 0 bridgehead atoms. The maximum Gasteiger partial charge on any atom is 0.416 e. The van der Waals surface area contributed by atoms with E-state index >= 15 is 0 Å². The topological polar surface area (TPSA) is 72.5 Å². The number of carbonyl (C=O) groups is 1. The van der Waals surface area contributed by atoms with Crippen LogP contribution in [0.2, 0.25) is 0 Å². The number of benzene rings is 1. The van der Waals surface area contributed by atoms with Gasteiger partial charge in [-0.05, 0) is 18.2 Å². The molecule has 4 nitrogen and oxygen atoms in total. The third-order valence-corrected chi connectivity index (χ3v) is 2.37. The van der Waals surface area contributed by atoms with Gasteiger partial charge in [-0.1, -0.05) is 0 Å². The Morgan fingerprint density at radius 3 is 2.61 bits per heavy atom. The standard InChI is InChI=1S/C11H12F3NO3/c1-18-10(17)5-8(15)7-4-6(11(12,13)14)2-3-9(7)16/h2-4,8,16H,5,15H2,1H3/t8-/m1/s1. The number of phenols is 1. The average molecular weight is 263 g/mol. The molecule has 0 amide bonds.